The Morgan fingerprint density at radius 1 is 1.19 bits per heavy atom. The van der Waals surface area contributed by atoms with Crippen molar-refractivity contribution in [1.82, 2.24) is 4.90 Å². The van der Waals surface area contributed by atoms with Gasteiger partial charge in [0.05, 0.1) is 31.5 Å². The van der Waals surface area contributed by atoms with Crippen LogP contribution in [-0.2, 0) is 11.3 Å². The van der Waals surface area contributed by atoms with E-state index >= 15 is 0 Å². The summed E-state index contributed by atoms with van der Waals surface area (Å²) in [4.78, 5) is 15.4. The van der Waals surface area contributed by atoms with Crippen molar-refractivity contribution in [2.24, 2.45) is 0 Å². The van der Waals surface area contributed by atoms with E-state index < -0.39 is 0 Å². The number of ether oxygens (including phenoxy) is 5. The number of methoxy groups -OCH3 is 2. The van der Waals surface area contributed by atoms with Crippen molar-refractivity contribution in [3.05, 3.63) is 52.3 Å². The van der Waals surface area contributed by atoms with Crippen LogP contribution in [0.15, 0.2) is 30.0 Å². The maximum atomic E-state index is 13.2. The first-order valence-corrected chi connectivity index (χ1v) is 10.9. The maximum Gasteiger partial charge on any atom is 0.232 e. The summed E-state index contributed by atoms with van der Waals surface area (Å²) >= 11 is 0. The van der Waals surface area contributed by atoms with E-state index in [2.05, 4.69) is 4.90 Å². The summed E-state index contributed by atoms with van der Waals surface area (Å²) in [6.45, 7) is 4.72. The van der Waals surface area contributed by atoms with Crippen molar-refractivity contribution in [1.29, 1.82) is 0 Å². The molecule has 7 nitrogen and oxygen atoms in total. The van der Waals surface area contributed by atoms with Crippen molar-refractivity contribution in [3.8, 4) is 23.0 Å². The van der Waals surface area contributed by atoms with Crippen LogP contribution in [0.4, 0.5) is 0 Å². The van der Waals surface area contributed by atoms with Gasteiger partial charge in [-0.3, -0.25) is 9.69 Å². The number of Topliss-reactive ketones (excluding diaryl/α,β-unsaturated/α-hetero) is 1. The molecule has 1 saturated heterocycles. The lowest BCUT2D eigenvalue weighted by Crippen LogP contribution is -2.37. The Labute approximate surface area is 187 Å². The molecule has 3 aliphatic rings. The third kappa shape index (κ3) is 3.72. The van der Waals surface area contributed by atoms with Crippen molar-refractivity contribution >= 4 is 11.9 Å². The van der Waals surface area contributed by atoms with Crippen LogP contribution in [0.1, 0.15) is 39.9 Å². The van der Waals surface area contributed by atoms with Crippen molar-refractivity contribution in [3.63, 3.8) is 0 Å². The Morgan fingerprint density at radius 3 is 2.78 bits per heavy atom. The Morgan fingerprint density at radius 2 is 2.03 bits per heavy atom. The Hall–Kier alpha value is -3.03. The summed E-state index contributed by atoms with van der Waals surface area (Å²) in [5.41, 5.74) is 3.17. The molecule has 168 valence electrons. The fraction of sp³-hybridized carbons (Fsp3) is 0.400. The van der Waals surface area contributed by atoms with E-state index in [1.807, 2.05) is 31.2 Å². The van der Waals surface area contributed by atoms with Crippen LogP contribution < -0.4 is 18.9 Å². The van der Waals surface area contributed by atoms with Crippen LogP contribution in [0.2, 0.25) is 0 Å². The van der Waals surface area contributed by atoms with E-state index in [0.717, 1.165) is 48.4 Å². The number of hydrogen-bond donors (Lipinski definition) is 0. The van der Waals surface area contributed by atoms with Gasteiger partial charge in [-0.2, -0.15) is 0 Å². The number of fused-ring (bicyclic) bond motifs is 3. The van der Waals surface area contributed by atoms with Crippen LogP contribution in [0.25, 0.3) is 6.08 Å². The van der Waals surface area contributed by atoms with Gasteiger partial charge in [0, 0.05) is 19.7 Å². The standard InChI is InChI=1S/C25H27NO6/c1-15-9-20-18(13-26(14-31-20)12-17-5-4-8-30-17)25-23(15)24(27)22(32-25)11-16-6-7-19(28-2)21(10-16)29-3/h6-7,9-11,17H,4-5,8,12-14H2,1-3H3/b22-11-. The number of nitrogens with zero attached hydrogens (tertiary/aromatic N) is 1. The highest BCUT2D eigenvalue weighted by Gasteiger charge is 2.36. The molecule has 0 radical (unpaired) electrons. The fourth-order valence-corrected chi connectivity index (χ4v) is 4.56. The lowest BCUT2D eigenvalue weighted by Gasteiger charge is -2.31. The molecule has 1 atom stereocenters. The molecule has 3 aliphatic heterocycles. The third-order valence-electron chi connectivity index (χ3n) is 6.18. The zero-order valence-corrected chi connectivity index (χ0v) is 18.6. The lowest BCUT2D eigenvalue weighted by molar-refractivity contribution is 0.0273. The average Bonchev–Trinajstić information content (AvgIpc) is 3.42. The molecule has 5 rings (SSSR count). The van der Waals surface area contributed by atoms with Gasteiger partial charge in [0.1, 0.15) is 18.2 Å². The third-order valence-corrected chi connectivity index (χ3v) is 6.18. The van der Waals surface area contributed by atoms with Crippen molar-refractivity contribution < 1.29 is 28.5 Å². The van der Waals surface area contributed by atoms with Crippen molar-refractivity contribution in [2.75, 3.05) is 34.1 Å². The number of benzene rings is 2. The molecular weight excluding hydrogens is 410 g/mol. The summed E-state index contributed by atoms with van der Waals surface area (Å²) in [5, 5.41) is 0. The van der Waals surface area contributed by atoms with E-state index in [0.29, 0.717) is 41.8 Å². The second kappa shape index (κ2) is 8.48. The summed E-state index contributed by atoms with van der Waals surface area (Å²) in [7, 11) is 3.17. The Bertz CT molecular complexity index is 1090. The molecule has 0 aromatic heterocycles. The molecule has 2 aromatic rings. The highest BCUT2D eigenvalue weighted by atomic mass is 16.5. The smallest absolute Gasteiger partial charge is 0.232 e. The van der Waals surface area contributed by atoms with E-state index in [1.165, 1.54) is 0 Å². The first kappa shape index (κ1) is 20.8. The number of carbonyl (C=O) groups is 1. The minimum atomic E-state index is -0.119. The minimum absolute atomic E-state index is 0.119. The number of rotatable bonds is 5. The van der Waals surface area contributed by atoms with Crippen LogP contribution in [0, 0.1) is 6.92 Å². The van der Waals surface area contributed by atoms with Crippen LogP contribution in [-0.4, -0.2) is 50.9 Å². The van der Waals surface area contributed by atoms with Gasteiger partial charge in [0.2, 0.25) is 5.78 Å². The van der Waals surface area contributed by atoms with Gasteiger partial charge >= 0.3 is 0 Å². The van der Waals surface area contributed by atoms with Gasteiger partial charge in [0.25, 0.3) is 0 Å². The minimum Gasteiger partial charge on any atom is -0.493 e. The fourth-order valence-electron chi connectivity index (χ4n) is 4.56. The molecule has 0 spiro atoms. The number of ketones is 1. The summed E-state index contributed by atoms with van der Waals surface area (Å²) in [5.74, 6) is 2.78. The quantitative estimate of drug-likeness (QED) is 0.656. The average molecular weight is 437 g/mol. The maximum absolute atomic E-state index is 13.2. The van der Waals surface area contributed by atoms with E-state index in [9.17, 15) is 4.79 Å². The second-order valence-corrected chi connectivity index (χ2v) is 8.35. The van der Waals surface area contributed by atoms with Gasteiger partial charge in [-0.05, 0) is 55.2 Å². The molecule has 0 aliphatic carbocycles. The van der Waals surface area contributed by atoms with Gasteiger partial charge in [-0.25, -0.2) is 0 Å². The zero-order valence-electron chi connectivity index (χ0n) is 18.6. The highest BCUT2D eigenvalue weighted by Crippen LogP contribution is 2.44. The number of carbonyl (C=O) groups excluding carboxylic acids is 1. The summed E-state index contributed by atoms with van der Waals surface area (Å²) in [6, 6.07) is 7.43. The SMILES string of the molecule is COc1ccc(/C=C2\Oc3c4c(cc(C)c3C2=O)OCN(CC2CCCO2)C4)cc1OC. The molecule has 7 heteroatoms. The molecular formula is C25H27NO6. The van der Waals surface area contributed by atoms with E-state index in [1.54, 1.807) is 20.3 Å². The number of hydrogen-bond acceptors (Lipinski definition) is 7. The van der Waals surface area contributed by atoms with E-state index in [-0.39, 0.29) is 11.9 Å². The largest absolute Gasteiger partial charge is 0.493 e. The molecule has 3 heterocycles. The van der Waals surface area contributed by atoms with Crippen LogP contribution in [0.5, 0.6) is 23.0 Å². The number of aryl methyl sites for hydroxylation is 1. The predicted molar refractivity (Wildman–Crippen MR) is 119 cm³/mol. The molecule has 1 fully saturated rings. The zero-order chi connectivity index (χ0) is 22.2. The van der Waals surface area contributed by atoms with Gasteiger partial charge in [-0.1, -0.05) is 6.07 Å². The monoisotopic (exact) mass is 437 g/mol. The highest BCUT2D eigenvalue weighted by molar-refractivity contribution is 6.15. The molecule has 2 aromatic carbocycles. The topological polar surface area (TPSA) is 66.5 Å². The first-order chi connectivity index (χ1) is 15.6. The van der Waals surface area contributed by atoms with E-state index in [4.69, 9.17) is 23.7 Å². The Balaban J connectivity index is 1.44. The molecule has 32 heavy (non-hydrogen) atoms. The first-order valence-electron chi connectivity index (χ1n) is 10.9. The van der Waals surface area contributed by atoms with Gasteiger partial charge < -0.3 is 23.7 Å². The normalized spacial score (nSPS) is 21.2. The van der Waals surface area contributed by atoms with Crippen LogP contribution >= 0.6 is 0 Å². The second-order valence-electron chi connectivity index (χ2n) is 8.35. The van der Waals surface area contributed by atoms with Crippen LogP contribution in [0.3, 0.4) is 0 Å². The lowest BCUT2D eigenvalue weighted by atomic mass is 9.98. The molecule has 0 N–H and O–H groups in total. The summed E-state index contributed by atoms with van der Waals surface area (Å²) in [6.07, 6.45) is 4.15. The predicted octanol–water partition coefficient (Wildman–Crippen LogP) is 3.96. The molecule has 1 unspecified atom stereocenters. The van der Waals surface area contributed by atoms with Gasteiger partial charge in [-0.15, -0.1) is 0 Å². The van der Waals surface area contributed by atoms with Crippen molar-refractivity contribution in [2.45, 2.75) is 32.4 Å². The summed E-state index contributed by atoms with van der Waals surface area (Å²) < 4.78 is 28.6. The molecule has 0 amide bonds. The molecule has 0 bridgehead atoms. The van der Waals surface area contributed by atoms with Gasteiger partial charge in [0.15, 0.2) is 17.3 Å². The Kier molecular flexibility index (Phi) is 5.53. The number of allylic oxidation sites excluding steroid dienone is 1. The molecule has 0 saturated carbocycles.